The summed E-state index contributed by atoms with van der Waals surface area (Å²) in [5.41, 5.74) is 1.05. The first-order valence-electron chi connectivity index (χ1n) is 6.94. The van der Waals surface area contributed by atoms with E-state index in [1.807, 2.05) is 24.3 Å². The highest BCUT2D eigenvalue weighted by atomic mass is 35.5. The number of hydrogen-bond acceptors (Lipinski definition) is 6. The molecule has 0 radical (unpaired) electrons. The second-order valence-electron chi connectivity index (χ2n) is 4.94. The Morgan fingerprint density at radius 1 is 1.09 bits per heavy atom. The van der Waals surface area contributed by atoms with Gasteiger partial charge in [0.1, 0.15) is 23.9 Å². The van der Waals surface area contributed by atoms with Crippen molar-refractivity contribution >= 4 is 50.6 Å². The minimum absolute atomic E-state index is 0.195. The summed E-state index contributed by atoms with van der Waals surface area (Å²) in [4.78, 5) is 9.20. The Hall–Kier alpha value is -1.76. The molecule has 0 aliphatic carbocycles. The van der Waals surface area contributed by atoms with E-state index in [9.17, 15) is 0 Å². The summed E-state index contributed by atoms with van der Waals surface area (Å²) in [6, 6.07) is 7.70. The van der Waals surface area contributed by atoms with Crippen LogP contribution < -0.4 is 14.8 Å². The number of halogens is 2. The van der Waals surface area contributed by atoms with Crippen LogP contribution in [0.2, 0.25) is 9.62 Å². The van der Waals surface area contributed by atoms with Crippen molar-refractivity contribution in [1.82, 2.24) is 9.97 Å². The van der Waals surface area contributed by atoms with E-state index in [2.05, 4.69) is 15.3 Å². The molecule has 3 heterocycles. The average molecular weight is 368 g/mol. The fourth-order valence-corrected chi connectivity index (χ4v) is 3.69. The van der Waals surface area contributed by atoms with E-state index in [0.717, 1.165) is 27.3 Å². The molecule has 0 fully saturated rings. The van der Waals surface area contributed by atoms with Crippen LogP contribution in [0.15, 0.2) is 24.3 Å². The molecule has 0 unspecified atom stereocenters. The summed E-state index contributed by atoms with van der Waals surface area (Å²) >= 11 is 13.4. The molecule has 4 rings (SSSR count). The molecular formula is C15H11Cl2N3O2S. The molecule has 8 heteroatoms. The summed E-state index contributed by atoms with van der Waals surface area (Å²) in [5, 5.41) is 4.34. The molecule has 2 aromatic heterocycles. The standard InChI is InChI=1S/C15H11Cl2N3O2S/c16-12-6-9-13(19-15(17)20-14(9)23-12)18-7-8-1-2-10-11(5-8)22-4-3-21-10/h1-2,5-6H,3-4,7H2,(H,18,19,20). The van der Waals surface area contributed by atoms with Gasteiger partial charge in [0.2, 0.25) is 5.28 Å². The highest BCUT2D eigenvalue weighted by Crippen LogP contribution is 2.34. The number of hydrogen-bond donors (Lipinski definition) is 1. The maximum absolute atomic E-state index is 6.05. The van der Waals surface area contributed by atoms with Crippen molar-refractivity contribution in [3.63, 3.8) is 0 Å². The van der Waals surface area contributed by atoms with Crippen LogP contribution in [0.4, 0.5) is 5.82 Å². The summed E-state index contributed by atoms with van der Waals surface area (Å²) in [6.45, 7) is 1.73. The molecule has 5 nitrogen and oxygen atoms in total. The van der Waals surface area contributed by atoms with Gasteiger partial charge in [-0.05, 0) is 35.4 Å². The van der Waals surface area contributed by atoms with E-state index < -0.39 is 0 Å². The number of ether oxygens (including phenoxy) is 2. The van der Waals surface area contributed by atoms with E-state index in [1.165, 1.54) is 11.3 Å². The van der Waals surface area contributed by atoms with Crippen molar-refractivity contribution in [3.8, 4) is 11.5 Å². The van der Waals surface area contributed by atoms with Gasteiger partial charge in [-0.2, -0.15) is 0 Å². The summed E-state index contributed by atoms with van der Waals surface area (Å²) in [5.74, 6) is 2.20. The Labute approximate surface area is 146 Å². The van der Waals surface area contributed by atoms with Crippen LogP contribution in [0, 0.1) is 0 Å². The SMILES string of the molecule is Clc1nc(NCc2ccc3c(c2)OCCO3)c2cc(Cl)sc2n1. The van der Waals surface area contributed by atoms with Crippen LogP contribution in [0.3, 0.4) is 0 Å². The zero-order chi connectivity index (χ0) is 15.8. The smallest absolute Gasteiger partial charge is 0.225 e. The topological polar surface area (TPSA) is 56.3 Å². The number of nitrogens with one attached hydrogen (secondary N) is 1. The molecule has 0 saturated heterocycles. The lowest BCUT2D eigenvalue weighted by atomic mass is 10.2. The van der Waals surface area contributed by atoms with Gasteiger partial charge in [-0.3, -0.25) is 0 Å². The van der Waals surface area contributed by atoms with Gasteiger partial charge in [-0.15, -0.1) is 11.3 Å². The molecule has 3 aromatic rings. The van der Waals surface area contributed by atoms with Crippen LogP contribution in [-0.2, 0) is 6.54 Å². The largest absolute Gasteiger partial charge is 0.486 e. The third kappa shape index (κ3) is 3.02. The Morgan fingerprint density at radius 2 is 1.91 bits per heavy atom. The van der Waals surface area contributed by atoms with E-state index in [1.54, 1.807) is 0 Å². The lowest BCUT2D eigenvalue weighted by Crippen LogP contribution is -2.15. The molecule has 0 amide bonds. The van der Waals surface area contributed by atoms with Gasteiger partial charge >= 0.3 is 0 Å². The molecule has 23 heavy (non-hydrogen) atoms. The minimum atomic E-state index is 0.195. The highest BCUT2D eigenvalue weighted by Gasteiger charge is 2.13. The Bertz CT molecular complexity index is 885. The van der Waals surface area contributed by atoms with Gasteiger partial charge in [0.15, 0.2) is 11.5 Å². The maximum Gasteiger partial charge on any atom is 0.225 e. The van der Waals surface area contributed by atoms with Gasteiger partial charge in [-0.25, -0.2) is 9.97 Å². The fourth-order valence-electron chi connectivity index (χ4n) is 2.38. The number of thiophene rings is 1. The van der Waals surface area contributed by atoms with Crippen LogP contribution in [-0.4, -0.2) is 23.2 Å². The van der Waals surface area contributed by atoms with Crippen molar-refractivity contribution in [2.24, 2.45) is 0 Å². The lowest BCUT2D eigenvalue weighted by Gasteiger charge is -2.19. The fraction of sp³-hybridized carbons (Fsp3) is 0.200. The van der Waals surface area contributed by atoms with E-state index in [4.69, 9.17) is 32.7 Å². The number of rotatable bonds is 3. The molecule has 1 N–H and O–H groups in total. The summed E-state index contributed by atoms with van der Waals surface area (Å²) in [6.07, 6.45) is 0. The van der Waals surface area contributed by atoms with Crippen molar-refractivity contribution in [3.05, 3.63) is 39.4 Å². The van der Waals surface area contributed by atoms with Gasteiger partial charge in [0.05, 0.1) is 9.72 Å². The first kappa shape index (κ1) is 14.8. The third-order valence-corrected chi connectivity index (χ3v) is 4.73. The third-order valence-electron chi connectivity index (χ3n) is 3.40. The number of nitrogens with zero attached hydrogens (tertiary/aromatic N) is 2. The molecule has 0 saturated carbocycles. The zero-order valence-electron chi connectivity index (χ0n) is 11.8. The maximum atomic E-state index is 6.05. The van der Waals surface area contributed by atoms with E-state index in [0.29, 0.717) is 29.9 Å². The van der Waals surface area contributed by atoms with Gasteiger partial charge < -0.3 is 14.8 Å². The molecule has 0 bridgehead atoms. The molecule has 1 aliphatic rings. The molecule has 118 valence electrons. The molecule has 0 spiro atoms. The van der Waals surface area contributed by atoms with Crippen molar-refractivity contribution < 1.29 is 9.47 Å². The van der Waals surface area contributed by atoms with Crippen molar-refractivity contribution in [2.75, 3.05) is 18.5 Å². The van der Waals surface area contributed by atoms with Crippen LogP contribution in [0.5, 0.6) is 11.5 Å². The van der Waals surface area contributed by atoms with Gasteiger partial charge in [0, 0.05) is 6.54 Å². The summed E-state index contributed by atoms with van der Waals surface area (Å²) in [7, 11) is 0. The molecule has 1 aliphatic heterocycles. The Kier molecular flexibility index (Phi) is 3.88. The van der Waals surface area contributed by atoms with Gasteiger partial charge in [-0.1, -0.05) is 17.7 Å². The van der Waals surface area contributed by atoms with E-state index in [-0.39, 0.29) is 5.28 Å². The average Bonchev–Trinajstić information content (AvgIpc) is 2.92. The number of fused-ring (bicyclic) bond motifs is 2. The van der Waals surface area contributed by atoms with Crippen molar-refractivity contribution in [2.45, 2.75) is 6.54 Å². The molecule has 0 atom stereocenters. The Balaban J connectivity index is 1.59. The molecule has 1 aromatic carbocycles. The lowest BCUT2D eigenvalue weighted by molar-refractivity contribution is 0.171. The number of anilines is 1. The predicted octanol–water partition coefficient (Wildman–Crippen LogP) is 4.38. The van der Waals surface area contributed by atoms with Gasteiger partial charge in [0.25, 0.3) is 0 Å². The number of aromatic nitrogens is 2. The van der Waals surface area contributed by atoms with Crippen LogP contribution in [0.25, 0.3) is 10.2 Å². The monoisotopic (exact) mass is 367 g/mol. The second-order valence-corrected chi connectivity index (χ2v) is 6.94. The Morgan fingerprint density at radius 3 is 2.78 bits per heavy atom. The highest BCUT2D eigenvalue weighted by molar-refractivity contribution is 7.22. The second kappa shape index (κ2) is 6.03. The summed E-state index contributed by atoms with van der Waals surface area (Å²) < 4.78 is 11.8. The molecular weight excluding hydrogens is 357 g/mol. The minimum Gasteiger partial charge on any atom is -0.486 e. The van der Waals surface area contributed by atoms with Crippen LogP contribution >= 0.6 is 34.5 Å². The predicted molar refractivity (Wildman–Crippen MR) is 92.2 cm³/mol. The number of benzene rings is 1. The quantitative estimate of drug-likeness (QED) is 0.696. The zero-order valence-corrected chi connectivity index (χ0v) is 14.1. The van der Waals surface area contributed by atoms with Crippen LogP contribution in [0.1, 0.15) is 5.56 Å². The first-order chi connectivity index (χ1) is 11.2. The van der Waals surface area contributed by atoms with E-state index >= 15 is 0 Å². The van der Waals surface area contributed by atoms with Crippen molar-refractivity contribution in [1.29, 1.82) is 0 Å². The normalized spacial score (nSPS) is 13.3. The first-order valence-corrected chi connectivity index (χ1v) is 8.51.